The van der Waals surface area contributed by atoms with Crippen molar-refractivity contribution in [3.05, 3.63) is 29.8 Å². The molecule has 1 atom stereocenters. The highest BCUT2D eigenvalue weighted by Crippen LogP contribution is 2.28. The molecule has 0 saturated heterocycles. The maximum Gasteiger partial charge on any atom is 0.242 e. The second-order valence-corrected chi connectivity index (χ2v) is 11.1. The Bertz CT molecular complexity index is 749. The van der Waals surface area contributed by atoms with Gasteiger partial charge in [0.2, 0.25) is 11.8 Å². The Morgan fingerprint density at radius 3 is 2.23 bits per heavy atom. The molecule has 1 aliphatic rings. The van der Waals surface area contributed by atoms with E-state index in [1.165, 1.54) is 25.7 Å². The van der Waals surface area contributed by atoms with Crippen molar-refractivity contribution in [2.24, 2.45) is 17.6 Å². The number of carbonyl (C=O) groups excluding carboxylic acids is 2. The first-order valence-electron chi connectivity index (χ1n) is 13.8. The summed E-state index contributed by atoms with van der Waals surface area (Å²) in [5, 5.41) is 6.14. The highest BCUT2D eigenvalue weighted by Gasteiger charge is 2.29. The SMILES string of the molecule is CCCCCCCCNC(=O)[C@H](Cc1ccc(OC(C)(C)C)cc1)NC(=O)C1CCC(CN)CC1. The number of unbranched alkanes of at least 4 members (excludes halogenated alkanes) is 5. The van der Waals surface area contributed by atoms with E-state index in [1.54, 1.807) is 0 Å². The largest absolute Gasteiger partial charge is 0.488 e. The Morgan fingerprint density at radius 1 is 1.00 bits per heavy atom. The van der Waals surface area contributed by atoms with Gasteiger partial charge in [-0.15, -0.1) is 0 Å². The van der Waals surface area contributed by atoms with Crippen molar-refractivity contribution in [2.45, 2.75) is 110 Å². The zero-order chi connectivity index (χ0) is 25.7. The molecule has 198 valence electrons. The van der Waals surface area contributed by atoms with E-state index in [0.29, 0.717) is 25.4 Å². The smallest absolute Gasteiger partial charge is 0.242 e. The predicted octanol–water partition coefficient (Wildman–Crippen LogP) is 5.13. The summed E-state index contributed by atoms with van der Waals surface area (Å²) in [5.41, 5.74) is 6.54. The highest BCUT2D eigenvalue weighted by molar-refractivity contribution is 5.88. The number of benzene rings is 1. The summed E-state index contributed by atoms with van der Waals surface area (Å²) < 4.78 is 5.91. The maximum absolute atomic E-state index is 13.1. The van der Waals surface area contributed by atoms with Gasteiger partial charge in [-0.2, -0.15) is 0 Å². The number of ether oxygens (including phenoxy) is 1. The van der Waals surface area contributed by atoms with Crippen LogP contribution in [0.3, 0.4) is 0 Å². The standard InChI is InChI=1S/C29H49N3O3/c1-5-6-7-8-9-10-19-31-28(34)26(32-27(33)24-15-11-23(21-30)12-16-24)20-22-13-17-25(18-14-22)35-29(2,3)4/h13-14,17-18,23-24,26H,5-12,15-16,19-21,30H2,1-4H3,(H,31,34)(H,32,33)/t23?,24?,26-/m0/s1. The molecular weight excluding hydrogens is 438 g/mol. The van der Waals surface area contributed by atoms with E-state index in [9.17, 15) is 9.59 Å². The zero-order valence-electron chi connectivity index (χ0n) is 22.5. The van der Waals surface area contributed by atoms with E-state index in [0.717, 1.165) is 49.8 Å². The molecule has 0 aliphatic heterocycles. The minimum atomic E-state index is -0.579. The van der Waals surface area contributed by atoms with Crippen LogP contribution in [0.15, 0.2) is 24.3 Å². The van der Waals surface area contributed by atoms with Gasteiger partial charge < -0.3 is 21.1 Å². The van der Waals surface area contributed by atoms with Crippen LogP contribution in [0.5, 0.6) is 5.75 Å². The Hall–Kier alpha value is -2.08. The van der Waals surface area contributed by atoms with Crippen molar-refractivity contribution < 1.29 is 14.3 Å². The molecule has 6 nitrogen and oxygen atoms in total. The number of amides is 2. The summed E-state index contributed by atoms with van der Waals surface area (Å²) in [6, 6.07) is 7.24. The Balaban J connectivity index is 1.96. The lowest BCUT2D eigenvalue weighted by molar-refractivity contribution is -0.131. The third kappa shape index (κ3) is 11.5. The van der Waals surface area contributed by atoms with E-state index >= 15 is 0 Å². The summed E-state index contributed by atoms with van der Waals surface area (Å²) >= 11 is 0. The Morgan fingerprint density at radius 2 is 1.63 bits per heavy atom. The van der Waals surface area contributed by atoms with Crippen LogP contribution in [-0.2, 0) is 16.0 Å². The van der Waals surface area contributed by atoms with Gasteiger partial charge in [-0.3, -0.25) is 9.59 Å². The molecule has 1 saturated carbocycles. The third-order valence-electron chi connectivity index (χ3n) is 6.80. The second kappa shape index (κ2) is 15.1. The van der Waals surface area contributed by atoms with Crippen LogP contribution in [0.25, 0.3) is 0 Å². The van der Waals surface area contributed by atoms with E-state index in [-0.39, 0.29) is 23.3 Å². The summed E-state index contributed by atoms with van der Waals surface area (Å²) in [5.74, 6) is 1.18. The van der Waals surface area contributed by atoms with E-state index in [1.807, 2.05) is 45.0 Å². The monoisotopic (exact) mass is 487 g/mol. The highest BCUT2D eigenvalue weighted by atomic mass is 16.5. The van der Waals surface area contributed by atoms with Gasteiger partial charge in [0.25, 0.3) is 0 Å². The Kier molecular flexibility index (Phi) is 12.6. The van der Waals surface area contributed by atoms with Gasteiger partial charge in [-0.25, -0.2) is 0 Å². The summed E-state index contributed by atoms with van der Waals surface area (Å²) in [7, 11) is 0. The van der Waals surface area contributed by atoms with Crippen LogP contribution in [0.1, 0.15) is 97.5 Å². The summed E-state index contributed by atoms with van der Waals surface area (Å²) in [6.07, 6.45) is 11.2. The van der Waals surface area contributed by atoms with E-state index < -0.39 is 6.04 Å². The lowest BCUT2D eigenvalue weighted by Gasteiger charge is -2.28. The molecular formula is C29H49N3O3. The van der Waals surface area contributed by atoms with Crippen LogP contribution in [0.2, 0.25) is 0 Å². The van der Waals surface area contributed by atoms with Gasteiger partial charge in [-0.05, 0) is 83.0 Å². The second-order valence-electron chi connectivity index (χ2n) is 11.1. The molecule has 2 rings (SSSR count). The zero-order valence-corrected chi connectivity index (χ0v) is 22.5. The van der Waals surface area contributed by atoms with Crippen molar-refractivity contribution in [3.63, 3.8) is 0 Å². The average Bonchev–Trinajstić information content (AvgIpc) is 2.83. The molecule has 0 aromatic heterocycles. The molecule has 35 heavy (non-hydrogen) atoms. The normalized spacial score (nSPS) is 19.1. The minimum Gasteiger partial charge on any atom is -0.488 e. The van der Waals surface area contributed by atoms with Crippen molar-refractivity contribution >= 4 is 11.8 Å². The first-order valence-corrected chi connectivity index (χ1v) is 13.8. The molecule has 0 bridgehead atoms. The third-order valence-corrected chi connectivity index (χ3v) is 6.80. The molecule has 0 radical (unpaired) electrons. The quantitative estimate of drug-likeness (QED) is 0.317. The number of rotatable bonds is 14. The lowest BCUT2D eigenvalue weighted by atomic mass is 9.81. The predicted molar refractivity (Wildman–Crippen MR) is 143 cm³/mol. The van der Waals surface area contributed by atoms with Crippen LogP contribution < -0.4 is 21.1 Å². The molecule has 1 aromatic rings. The fourth-order valence-corrected chi connectivity index (χ4v) is 4.68. The van der Waals surface area contributed by atoms with Gasteiger partial charge in [0.15, 0.2) is 0 Å². The van der Waals surface area contributed by atoms with Gasteiger partial charge in [-0.1, -0.05) is 51.2 Å². The van der Waals surface area contributed by atoms with Gasteiger partial charge >= 0.3 is 0 Å². The first-order chi connectivity index (χ1) is 16.7. The van der Waals surface area contributed by atoms with Crippen LogP contribution in [-0.4, -0.2) is 36.5 Å². The first kappa shape index (κ1) is 29.2. The molecule has 1 aliphatic carbocycles. The van der Waals surface area contributed by atoms with Crippen LogP contribution in [0, 0.1) is 11.8 Å². The summed E-state index contributed by atoms with van der Waals surface area (Å²) in [6.45, 7) is 9.60. The topological polar surface area (TPSA) is 93.5 Å². The van der Waals surface area contributed by atoms with Crippen molar-refractivity contribution in [1.82, 2.24) is 10.6 Å². The number of carbonyl (C=O) groups is 2. The summed E-state index contributed by atoms with van der Waals surface area (Å²) in [4.78, 5) is 26.1. The molecule has 0 spiro atoms. The number of nitrogens with one attached hydrogen (secondary N) is 2. The molecule has 2 amide bonds. The molecule has 1 fully saturated rings. The fraction of sp³-hybridized carbons (Fsp3) is 0.724. The number of nitrogens with two attached hydrogens (primary N) is 1. The van der Waals surface area contributed by atoms with Crippen molar-refractivity contribution in [2.75, 3.05) is 13.1 Å². The van der Waals surface area contributed by atoms with Crippen molar-refractivity contribution in [1.29, 1.82) is 0 Å². The molecule has 6 heteroatoms. The minimum absolute atomic E-state index is 0.00660. The molecule has 4 N–H and O–H groups in total. The number of hydrogen-bond donors (Lipinski definition) is 3. The molecule has 1 aromatic carbocycles. The lowest BCUT2D eigenvalue weighted by Crippen LogP contribution is -2.50. The fourth-order valence-electron chi connectivity index (χ4n) is 4.68. The molecule has 0 heterocycles. The van der Waals surface area contributed by atoms with Crippen LogP contribution in [0.4, 0.5) is 0 Å². The molecule has 0 unspecified atom stereocenters. The van der Waals surface area contributed by atoms with Gasteiger partial charge in [0.05, 0.1) is 0 Å². The average molecular weight is 488 g/mol. The van der Waals surface area contributed by atoms with Gasteiger partial charge in [0, 0.05) is 18.9 Å². The van der Waals surface area contributed by atoms with Crippen LogP contribution >= 0.6 is 0 Å². The van der Waals surface area contributed by atoms with E-state index in [4.69, 9.17) is 10.5 Å². The maximum atomic E-state index is 13.1. The van der Waals surface area contributed by atoms with Crippen molar-refractivity contribution in [3.8, 4) is 5.75 Å². The Labute approximate surface area is 213 Å². The van der Waals surface area contributed by atoms with Gasteiger partial charge in [0.1, 0.15) is 17.4 Å². The number of hydrogen-bond acceptors (Lipinski definition) is 4. The van der Waals surface area contributed by atoms with E-state index in [2.05, 4.69) is 17.6 Å².